The molecule has 1 atom stereocenters. The number of rotatable bonds is 5. The lowest BCUT2D eigenvalue weighted by Gasteiger charge is -2.33. The fourth-order valence-corrected chi connectivity index (χ4v) is 4.30. The van der Waals surface area contributed by atoms with Crippen LogP contribution in [0.2, 0.25) is 0 Å². The second-order valence-corrected chi connectivity index (χ2v) is 7.78. The third-order valence-corrected chi connectivity index (χ3v) is 5.83. The normalized spacial score (nSPS) is 18.0. The lowest BCUT2D eigenvalue weighted by Crippen LogP contribution is -2.42. The Morgan fingerprint density at radius 1 is 1.35 bits per heavy atom. The second-order valence-electron chi connectivity index (χ2n) is 5.58. The molecule has 23 heavy (non-hydrogen) atoms. The van der Waals surface area contributed by atoms with E-state index in [4.69, 9.17) is 0 Å². The summed E-state index contributed by atoms with van der Waals surface area (Å²) in [7, 11) is 0. The van der Waals surface area contributed by atoms with Gasteiger partial charge in [0.1, 0.15) is 0 Å². The Balaban J connectivity index is 1.52. The number of thioether (sulfide) groups is 1. The van der Waals surface area contributed by atoms with Crippen LogP contribution in [0.5, 0.6) is 0 Å². The third kappa shape index (κ3) is 4.45. The minimum absolute atomic E-state index is 0.204. The first kappa shape index (κ1) is 16.3. The molecule has 2 aromatic rings. The van der Waals surface area contributed by atoms with Gasteiger partial charge in [-0.15, -0.1) is 10.2 Å². The first-order valence-corrected chi connectivity index (χ1v) is 9.60. The summed E-state index contributed by atoms with van der Waals surface area (Å²) >= 11 is 2.95. The molecular formula is C16H20N4OS2. The van der Waals surface area contributed by atoms with Crippen LogP contribution in [-0.4, -0.2) is 39.3 Å². The number of amides is 1. The van der Waals surface area contributed by atoms with Gasteiger partial charge in [-0.05, 0) is 38.3 Å². The molecule has 0 unspecified atom stereocenters. The number of benzene rings is 1. The van der Waals surface area contributed by atoms with Crippen molar-refractivity contribution < 1.29 is 4.79 Å². The van der Waals surface area contributed by atoms with Crippen LogP contribution in [0, 0.1) is 0 Å². The van der Waals surface area contributed by atoms with Crippen molar-refractivity contribution in [2.45, 2.75) is 36.6 Å². The molecule has 5 nitrogen and oxygen atoms in total. The fourth-order valence-electron chi connectivity index (χ4n) is 2.64. The molecule has 0 spiro atoms. The molecular weight excluding hydrogens is 328 g/mol. The Morgan fingerprint density at radius 2 is 2.17 bits per heavy atom. The molecule has 0 aliphatic carbocycles. The van der Waals surface area contributed by atoms with Crippen LogP contribution in [0.25, 0.3) is 0 Å². The number of para-hydroxylation sites is 1. The van der Waals surface area contributed by atoms with E-state index in [0.29, 0.717) is 11.8 Å². The number of piperidine rings is 1. The van der Waals surface area contributed by atoms with Gasteiger partial charge in [0.15, 0.2) is 4.34 Å². The molecule has 7 heteroatoms. The van der Waals surface area contributed by atoms with Crippen molar-refractivity contribution in [2.24, 2.45) is 0 Å². The van der Waals surface area contributed by atoms with E-state index in [9.17, 15) is 4.79 Å². The predicted molar refractivity (Wildman–Crippen MR) is 95.4 cm³/mol. The maximum Gasteiger partial charge on any atom is 0.233 e. The summed E-state index contributed by atoms with van der Waals surface area (Å²) in [5.74, 6) is 0.639. The van der Waals surface area contributed by atoms with E-state index in [-0.39, 0.29) is 5.91 Å². The number of nitrogens with zero attached hydrogens (tertiary/aromatic N) is 3. The summed E-state index contributed by atoms with van der Waals surface area (Å²) in [6.45, 7) is 3.02. The average Bonchev–Trinajstić information content (AvgIpc) is 3.01. The number of anilines is 2. The highest BCUT2D eigenvalue weighted by Crippen LogP contribution is 2.28. The lowest BCUT2D eigenvalue weighted by atomic mass is 10.0. The van der Waals surface area contributed by atoms with Crippen LogP contribution < -0.4 is 5.32 Å². The standard InChI is InChI=1S/C16H20N4OS2/c1-12-7-5-6-10-20(12)14(21)11-22-16-19-18-15(23-16)17-13-8-3-2-4-9-13/h2-4,8-9,12H,5-7,10-11H2,1H3,(H,17,18)/t12-/m0/s1. The molecule has 0 saturated carbocycles. The second kappa shape index (κ2) is 7.79. The summed E-state index contributed by atoms with van der Waals surface area (Å²) in [6, 6.07) is 10.2. The molecule has 3 rings (SSSR count). The van der Waals surface area contributed by atoms with Crippen molar-refractivity contribution in [3.8, 4) is 0 Å². The molecule has 1 saturated heterocycles. The predicted octanol–water partition coefficient (Wildman–Crippen LogP) is 3.77. The SMILES string of the molecule is C[C@H]1CCCCN1C(=O)CSc1nnc(Nc2ccccc2)s1. The number of hydrogen-bond acceptors (Lipinski definition) is 6. The van der Waals surface area contributed by atoms with Gasteiger partial charge < -0.3 is 10.2 Å². The van der Waals surface area contributed by atoms with Crippen molar-refractivity contribution in [1.82, 2.24) is 15.1 Å². The van der Waals surface area contributed by atoms with Gasteiger partial charge in [0, 0.05) is 18.3 Å². The van der Waals surface area contributed by atoms with E-state index >= 15 is 0 Å². The van der Waals surface area contributed by atoms with Crippen LogP contribution in [0.1, 0.15) is 26.2 Å². The zero-order valence-electron chi connectivity index (χ0n) is 13.1. The first-order valence-electron chi connectivity index (χ1n) is 7.80. The Morgan fingerprint density at radius 3 is 2.96 bits per heavy atom. The third-order valence-electron chi connectivity index (χ3n) is 3.87. The first-order chi connectivity index (χ1) is 11.2. The topological polar surface area (TPSA) is 58.1 Å². The van der Waals surface area contributed by atoms with Gasteiger partial charge in [0.05, 0.1) is 5.75 Å². The average molecular weight is 348 g/mol. The number of carbonyl (C=O) groups excluding carboxylic acids is 1. The van der Waals surface area contributed by atoms with E-state index in [1.165, 1.54) is 29.5 Å². The zero-order valence-corrected chi connectivity index (χ0v) is 14.7. The summed E-state index contributed by atoms with van der Waals surface area (Å²) in [4.78, 5) is 14.3. The van der Waals surface area contributed by atoms with Crippen molar-refractivity contribution in [2.75, 3.05) is 17.6 Å². The van der Waals surface area contributed by atoms with E-state index in [1.807, 2.05) is 35.2 Å². The molecule has 0 bridgehead atoms. The Bertz CT molecular complexity index is 647. The molecule has 122 valence electrons. The fraction of sp³-hybridized carbons (Fsp3) is 0.438. The van der Waals surface area contributed by atoms with Crippen LogP contribution in [-0.2, 0) is 4.79 Å². The number of aromatic nitrogens is 2. The molecule has 1 aliphatic heterocycles. The largest absolute Gasteiger partial charge is 0.339 e. The minimum atomic E-state index is 0.204. The van der Waals surface area contributed by atoms with Gasteiger partial charge in [0.25, 0.3) is 0 Å². The van der Waals surface area contributed by atoms with Crippen LogP contribution in [0.3, 0.4) is 0 Å². The lowest BCUT2D eigenvalue weighted by molar-refractivity contribution is -0.131. The quantitative estimate of drug-likeness (QED) is 0.834. The number of hydrogen-bond donors (Lipinski definition) is 1. The molecule has 1 aromatic heterocycles. The van der Waals surface area contributed by atoms with Crippen molar-refractivity contribution >= 4 is 39.8 Å². The Hall–Kier alpha value is -1.60. The van der Waals surface area contributed by atoms with Gasteiger partial charge in [-0.1, -0.05) is 41.3 Å². The molecule has 1 amide bonds. The van der Waals surface area contributed by atoms with Gasteiger partial charge >= 0.3 is 0 Å². The van der Waals surface area contributed by atoms with Crippen LogP contribution >= 0.6 is 23.1 Å². The maximum absolute atomic E-state index is 12.3. The van der Waals surface area contributed by atoms with Gasteiger partial charge in [-0.25, -0.2) is 0 Å². The highest BCUT2D eigenvalue weighted by molar-refractivity contribution is 8.01. The highest BCUT2D eigenvalue weighted by Gasteiger charge is 2.23. The van der Waals surface area contributed by atoms with Crippen LogP contribution in [0.4, 0.5) is 10.8 Å². The smallest absolute Gasteiger partial charge is 0.233 e. The van der Waals surface area contributed by atoms with Crippen molar-refractivity contribution in [1.29, 1.82) is 0 Å². The number of carbonyl (C=O) groups is 1. The minimum Gasteiger partial charge on any atom is -0.339 e. The maximum atomic E-state index is 12.3. The summed E-state index contributed by atoms with van der Waals surface area (Å²) in [5, 5.41) is 12.2. The summed E-state index contributed by atoms with van der Waals surface area (Å²) in [6.07, 6.45) is 3.45. The Kier molecular flexibility index (Phi) is 5.51. The summed E-state index contributed by atoms with van der Waals surface area (Å²) < 4.78 is 0.821. The number of likely N-dealkylation sites (tertiary alicyclic amines) is 1. The molecule has 1 N–H and O–H groups in total. The van der Waals surface area contributed by atoms with Gasteiger partial charge in [0.2, 0.25) is 11.0 Å². The van der Waals surface area contributed by atoms with Gasteiger partial charge in [-0.3, -0.25) is 4.79 Å². The molecule has 1 aliphatic rings. The number of nitrogens with one attached hydrogen (secondary N) is 1. The van der Waals surface area contributed by atoms with Crippen molar-refractivity contribution in [3.05, 3.63) is 30.3 Å². The van der Waals surface area contributed by atoms with E-state index in [2.05, 4.69) is 22.4 Å². The zero-order chi connectivity index (χ0) is 16.1. The van der Waals surface area contributed by atoms with Gasteiger partial charge in [-0.2, -0.15) is 0 Å². The molecule has 2 heterocycles. The molecule has 1 aromatic carbocycles. The van der Waals surface area contributed by atoms with Crippen molar-refractivity contribution in [3.63, 3.8) is 0 Å². The summed E-state index contributed by atoms with van der Waals surface area (Å²) in [5.41, 5.74) is 0.985. The van der Waals surface area contributed by atoms with E-state index in [1.54, 1.807) is 0 Å². The molecule has 1 fully saturated rings. The monoisotopic (exact) mass is 348 g/mol. The van der Waals surface area contributed by atoms with E-state index in [0.717, 1.165) is 34.5 Å². The highest BCUT2D eigenvalue weighted by atomic mass is 32.2. The molecule has 0 radical (unpaired) electrons. The van der Waals surface area contributed by atoms with E-state index < -0.39 is 0 Å². The van der Waals surface area contributed by atoms with Crippen LogP contribution in [0.15, 0.2) is 34.7 Å². The Labute approximate surface area is 144 Å².